The van der Waals surface area contributed by atoms with Crippen LogP contribution in [0, 0.1) is 0 Å². The van der Waals surface area contributed by atoms with Gasteiger partial charge in [0.25, 0.3) is 0 Å². The monoisotopic (exact) mass is 941 g/mol. The van der Waals surface area contributed by atoms with Gasteiger partial charge in [0.05, 0.1) is 0 Å². The summed E-state index contributed by atoms with van der Waals surface area (Å²) >= 11 is 0. The van der Waals surface area contributed by atoms with E-state index in [-0.39, 0.29) is 31.6 Å². The Morgan fingerprint density at radius 2 is 0.603 bits per heavy atom. The molecular formula is C62H100O6. The molecule has 0 heterocycles. The number of carbonyl (C=O) groups excluding carboxylic acids is 3. The lowest BCUT2D eigenvalue weighted by Gasteiger charge is -2.18. The minimum Gasteiger partial charge on any atom is -0.462 e. The molecule has 0 radical (unpaired) electrons. The molecule has 1 atom stereocenters. The van der Waals surface area contributed by atoms with Crippen LogP contribution in [0.1, 0.15) is 233 Å². The topological polar surface area (TPSA) is 78.9 Å². The summed E-state index contributed by atoms with van der Waals surface area (Å²) < 4.78 is 16.7. The fourth-order valence-electron chi connectivity index (χ4n) is 7.16. The van der Waals surface area contributed by atoms with Crippen LogP contribution in [0.15, 0.2) is 122 Å². The van der Waals surface area contributed by atoms with Crippen molar-refractivity contribution in [3.05, 3.63) is 122 Å². The smallest absolute Gasteiger partial charge is 0.306 e. The summed E-state index contributed by atoms with van der Waals surface area (Å²) in [4.78, 5) is 38.1. The Morgan fingerprint density at radius 3 is 0.956 bits per heavy atom. The van der Waals surface area contributed by atoms with Gasteiger partial charge in [-0.1, -0.05) is 239 Å². The number of esters is 3. The van der Waals surface area contributed by atoms with Crippen molar-refractivity contribution in [2.45, 2.75) is 239 Å². The van der Waals surface area contributed by atoms with Crippen molar-refractivity contribution < 1.29 is 28.6 Å². The van der Waals surface area contributed by atoms with E-state index in [2.05, 4.69) is 130 Å². The fourth-order valence-corrected chi connectivity index (χ4v) is 7.16. The van der Waals surface area contributed by atoms with E-state index in [1.54, 1.807) is 0 Å². The molecule has 0 spiro atoms. The Balaban J connectivity index is 4.55. The van der Waals surface area contributed by atoms with Crippen LogP contribution < -0.4 is 0 Å². The Kier molecular flexibility index (Phi) is 52.0. The zero-order chi connectivity index (χ0) is 49.3. The molecule has 0 aliphatic heterocycles. The second-order valence-electron chi connectivity index (χ2n) is 17.7. The first-order chi connectivity index (χ1) is 33.5. The van der Waals surface area contributed by atoms with E-state index in [9.17, 15) is 14.4 Å². The predicted molar refractivity (Wildman–Crippen MR) is 293 cm³/mol. The third-order valence-electron chi connectivity index (χ3n) is 11.2. The summed E-state index contributed by atoms with van der Waals surface area (Å²) in [6.07, 6.45) is 76.2. The standard InChI is InChI=1S/C62H100O6/c1-4-7-10-13-16-19-22-25-28-30-31-32-35-37-40-43-46-49-52-55-61(64)67-58-59(57-66-60(63)54-51-48-45-42-39-36-33-27-24-21-18-15-12-9-6-3)68-62(65)56-53-50-47-44-41-38-34-29-26-23-20-17-14-11-8-5-2/h7-8,10-11,16-17,19-20,25-26,28-29,31-32,37-38,40-41,47,50,59H,4-6,9,12-15,18,21-24,27,30,33-36,39,42-46,48-49,51-58H2,1-3H3/b10-7-,11-8-,19-16-,20-17-,28-25-,29-26-,32-31-,40-37-,41-38-,50-47-. The van der Waals surface area contributed by atoms with Gasteiger partial charge in [-0.15, -0.1) is 0 Å². The predicted octanol–water partition coefficient (Wildman–Crippen LogP) is 18.5. The zero-order valence-electron chi connectivity index (χ0n) is 43.8. The lowest BCUT2D eigenvalue weighted by Crippen LogP contribution is -2.30. The summed E-state index contributed by atoms with van der Waals surface area (Å²) in [7, 11) is 0. The number of ether oxygens (including phenoxy) is 3. The maximum absolute atomic E-state index is 12.8. The van der Waals surface area contributed by atoms with Crippen LogP contribution in [0.5, 0.6) is 0 Å². The Bertz CT molecular complexity index is 1450. The molecule has 0 aliphatic rings. The summed E-state index contributed by atoms with van der Waals surface area (Å²) in [5.41, 5.74) is 0. The van der Waals surface area contributed by atoms with Crippen molar-refractivity contribution in [2.24, 2.45) is 0 Å². The molecule has 0 aromatic heterocycles. The highest BCUT2D eigenvalue weighted by molar-refractivity contribution is 5.71. The average molecular weight is 941 g/mol. The van der Waals surface area contributed by atoms with Crippen LogP contribution in [0.4, 0.5) is 0 Å². The van der Waals surface area contributed by atoms with E-state index in [4.69, 9.17) is 14.2 Å². The van der Waals surface area contributed by atoms with Gasteiger partial charge in [0.15, 0.2) is 6.10 Å². The molecule has 0 saturated carbocycles. The van der Waals surface area contributed by atoms with Crippen molar-refractivity contribution in [1.29, 1.82) is 0 Å². The third-order valence-corrected chi connectivity index (χ3v) is 11.2. The highest BCUT2D eigenvalue weighted by Crippen LogP contribution is 2.15. The van der Waals surface area contributed by atoms with Gasteiger partial charge in [-0.25, -0.2) is 0 Å². The van der Waals surface area contributed by atoms with Gasteiger partial charge >= 0.3 is 17.9 Å². The van der Waals surface area contributed by atoms with Crippen LogP contribution in [0.25, 0.3) is 0 Å². The SMILES string of the molecule is CC/C=C\C/C=C\C/C=C\C/C=C\C/C=C\CCCCCC(=O)OCC(COC(=O)CCCCCCCCCCCCCCCCC)OC(=O)CC/C=C\C/C=C\C/C=C\C/C=C\C/C=C\CC. The number of allylic oxidation sites excluding steroid dienone is 20. The van der Waals surface area contributed by atoms with E-state index in [0.717, 1.165) is 109 Å². The van der Waals surface area contributed by atoms with Crippen LogP contribution in [-0.4, -0.2) is 37.2 Å². The summed E-state index contributed by atoms with van der Waals surface area (Å²) in [5, 5.41) is 0. The van der Waals surface area contributed by atoms with Crippen molar-refractivity contribution in [1.82, 2.24) is 0 Å². The van der Waals surface area contributed by atoms with Gasteiger partial charge in [-0.2, -0.15) is 0 Å². The van der Waals surface area contributed by atoms with Gasteiger partial charge < -0.3 is 14.2 Å². The van der Waals surface area contributed by atoms with E-state index in [1.807, 2.05) is 12.2 Å². The molecule has 384 valence electrons. The molecule has 0 saturated heterocycles. The highest BCUT2D eigenvalue weighted by atomic mass is 16.6. The van der Waals surface area contributed by atoms with Crippen molar-refractivity contribution in [2.75, 3.05) is 13.2 Å². The van der Waals surface area contributed by atoms with E-state index >= 15 is 0 Å². The summed E-state index contributed by atoms with van der Waals surface area (Å²) in [6.45, 7) is 6.32. The second kappa shape index (κ2) is 55.4. The molecule has 6 heteroatoms. The normalized spacial score (nSPS) is 13.0. The lowest BCUT2D eigenvalue weighted by atomic mass is 10.0. The molecule has 0 N–H and O–H groups in total. The molecule has 1 unspecified atom stereocenters. The number of hydrogen-bond donors (Lipinski definition) is 0. The van der Waals surface area contributed by atoms with Gasteiger partial charge in [-0.3, -0.25) is 14.4 Å². The first-order valence-corrected chi connectivity index (χ1v) is 27.5. The van der Waals surface area contributed by atoms with Crippen LogP contribution in [-0.2, 0) is 28.6 Å². The summed E-state index contributed by atoms with van der Waals surface area (Å²) in [6, 6.07) is 0. The quantitative estimate of drug-likeness (QED) is 0.0262. The number of carbonyl (C=O) groups is 3. The Labute approximate surface area is 418 Å². The minimum atomic E-state index is -0.833. The lowest BCUT2D eigenvalue weighted by molar-refractivity contribution is -0.166. The van der Waals surface area contributed by atoms with E-state index < -0.39 is 12.1 Å². The maximum atomic E-state index is 12.8. The average Bonchev–Trinajstić information content (AvgIpc) is 3.34. The fraction of sp³-hybridized carbons (Fsp3) is 0.629. The summed E-state index contributed by atoms with van der Waals surface area (Å²) in [5.74, 6) is -1.04. The van der Waals surface area contributed by atoms with E-state index in [1.165, 1.54) is 77.0 Å². The van der Waals surface area contributed by atoms with Gasteiger partial charge in [0.1, 0.15) is 13.2 Å². The van der Waals surface area contributed by atoms with Crippen LogP contribution >= 0.6 is 0 Å². The van der Waals surface area contributed by atoms with Crippen LogP contribution in [0.2, 0.25) is 0 Å². The first kappa shape index (κ1) is 63.8. The molecule has 68 heavy (non-hydrogen) atoms. The molecule has 0 aromatic carbocycles. The third kappa shape index (κ3) is 52.8. The Morgan fingerprint density at radius 1 is 0.309 bits per heavy atom. The molecule has 0 fully saturated rings. The molecule has 0 rings (SSSR count). The van der Waals surface area contributed by atoms with Gasteiger partial charge in [-0.05, 0) is 96.3 Å². The molecule has 0 aliphatic carbocycles. The second-order valence-corrected chi connectivity index (χ2v) is 17.7. The van der Waals surface area contributed by atoms with Crippen molar-refractivity contribution in [3.63, 3.8) is 0 Å². The number of unbranched alkanes of at least 4 members (excludes halogenated alkanes) is 17. The van der Waals surface area contributed by atoms with Crippen molar-refractivity contribution >= 4 is 17.9 Å². The number of hydrogen-bond acceptors (Lipinski definition) is 6. The van der Waals surface area contributed by atoms with Crippen molar-refractivity contribution in [3.8, 4) is 0 Å². The molecule has 0 bridgehead atoms. The highest BCUT2D eigenvalue weighted by Gasteiger charge is 2.19. The molecular weight excluding hydrogens is 841 g/mol. The van der Waals surface area contributed by atoms with Gasteiger partial charge in [0.2, 0.25) is 0 Å². The molecule has 0 amide bonds. The molecule has 6 nitrogen and oxygen atoms in total. The zero-order valence-corrected chi connectivity index (χ0v) is 43.8. The largest absolute Gasteiger partial charge is 0.462 e. The van der Waals surface area contributed by atoms with Crippen LogP contribution in [0.3, 0.4) is 0 Å². The Hall–Kier alpha value is -4.19. The van der Waals surface area contributed by atoms with Gasteiger partial charge in [0, 0.05) is 19.3 Å². The molecule has 0 aromatic rings. The number of rotatable bonds is 48. The minimum absolute atomic E-state index is 0.120. The van der Waals surface area contributed by atoms with E-state index in [0.29, 0.717) is 19.3 Å². The first-order valence-electron chi connectivity index (χ1n) is 27.5. The maximum Gasteiger partial charge on any atom is 0.306 e.